The van der Waals surface area contributed by atoms with E-state index in [-0.39, 0.29) is 17.3 Å². The van der Waals surface area contributed by atoms with E-state index in [1.54, 1.807) is 11.5 Å². The van der Waals surface area contributed by atoms with Crippen molar-refractivity contribution in [3.05, 3.63) is 26.7 Å². The molecule has 20 heavy (non-hydrogen) atoms. The molecule has 0 aromatic carbocycles. The lowest BCUT2D eigenvalue weighted by Crippen LogP contribution is -2.40. The minimum absolute atomic E-state index is 0.297. The molecule has 0 aliphatic heterocycles. The fourth-order valence-corrected chi connectivity index (χ4v) is 2.25. The van der Waals surface area contributed by atoms with Gasteiger partial charge in [0.25, 0.3) is 5.56 Å². The number of nitrogens with two attached hydrogens (primary N) is 1. The first-order valence-electron chi connectivity index (χ1n) is 7.00. The van der Waals surface area contributed by atoms with Crippen molar-refractivity contribution in [2.45, 2.75) is 52.7 Å². The number of imidazole rings is 1. The zero-order chi connectivity index (χ0) is 14.9. The van der Waals surface area contributed by atoms with E-state index in [1.165, 1.54) is 4.57 Å². The van der Waals surface area contributed by atoms with E-state index in [2.05, 4.69) is 9.97 Å². The summed E-state index contributed by atoms with van der Waals surface area (Å²) in [6.45, 7) is 6.63. The van der Waals surface area contributed by atoms with Gasteiger partial charge in [0.05, 0.1) is 6.04 Å². The van der Waals surface area contributed by atoms with E-state index in [9.17, 15) is 9.59 Å². The third-order valence-corrected chi connectivity index (χ3v) is 3.21. The van der Waals surface area contributed by atoms with Crippen LogP contribution in [-0.2, 0) is 13.1 Å². The van der Waals surface area contributed by atoms with Gasteiger partial charge in [0.2, 0.25) is 0 Å². The van der Waals surface area contributed by atoms with Crippen LogP contribution in [0.4, 0.5) is 0 Å². The number of fused-ring (bicyclic) bond motifs is 1. The van der Waals surface area contributed by atoms with E-state index in [0.29, 0.717) is 30.1 Å². The first-order valence-corrected chi connectivity index (χ1v) is 7.00. The van der Waals surface area contributed by atoms with Crippen LogP contribution in [0, 0.1) is 0 Å². The molecule has 0 saturated carbocycles. The van der Waals surface area contributed by atoms with Crippen LogP contribution in [0.1, 0.15) is 45.5 Å². The Morgan fingerprint density at radius 1 is 1.20 bits per heavy atom. The van der Waals surface area contributed by atoms with Crippen molar-refractivity contribution < 1.29 is 0 Å². The van der Waals surface area contributed by atoms with Crippen LogP contribution < -0.4 is 17.0 Å². The van der Waals surface area contributed by atoms with Crippen molar-refractivity contribution in [3.63, 3.8) is 0 Å². The molecule has 2 aromatic rings. The van der Waals surface area contributed by atoms with E-state index < -0.39 is 0 Å². The van der Waals surface area contributed by atoms with Crippen LogP contribution in [0.2, 0.25) is 0 Å². The predicted molar refractivity (Wildman–Crippen MR) is 77.8 cm³/mol. The topological polar surface area (TPSA) is 98.7 Å². The van der Waals surface area contributed by atoms with Crippen LogP contribution in [0.5, 0.6) is 0 Å². The number of hydrogen-bond donors (Lipinski definition) is 2. The lowest BCUT2D eigenvalue weighted by atomic mass is 10.3. The average molecular weight is 279 g/mol. The average Bonchev–Trinajstić information content (AvgIpc) is 2.85. The van der Waals surface area contributed by atoms with Crippen LogP contribution >= 0.6 is 0 Å². The normalized spacial score (nSPS) is 13.0. The summed E-state index contributed by atoms with van der Waals surface area (Å²) in [6, 6.07) is -0.313. The molecule has 1 unspecified atom stereocenters. The van der Waals surface area contributed by atoms with E-state index in [4.69, 9.17) is 5.73 Å². The Bertz CT molecular complexity index is 723. The van der Waals surface area contributed by atoms with Crippen molar-refractivity contribution in [3.8, 4) is 0 Å². The van der Waals surface area contributed by atoms with Crippen molar-refractivity contribution in [1.29, 1.82) is 0 Å². The molecule has 3 N–H and O–H groups in total. The number of nitrogens with one attached hydrogen (secondary N) is 1. The first-order chi connectivity index (χ1) is 9.51. The minimum atomic E-state index is -0.321. The second-order valence-electron chi connectivity index (χ2n) is 5.00. The monoisotopic (exact) mass is 279 g/mol. The smallest absolute Gasteiger partial charge is 0.332 e. The number of H-pyrrole nitrogens is 1. The van der Waals surface area contributed by atoms with Crippen LogP contribution in [0.15, 0.2) is 9.59 Å². The van der Waals surface area contributed by atoms with Crippen molar-refractivity contribution in [2.24, 2.45) is 5.73 Å². The molecule has 0 bridgehead atoms. The molecule has 0 aliphatic rings. The Balaban J connectivity index is 2.84. The largest absolute Gasteiger partial charge is 0.335 e. The van der Waals surface area contributed by atoms with Crippen molar-refractivity contribution in [2.75, 3.05) is 0 Å². The molecule has 0 spiro atoms. The molecule has 2 heterocycles. The van der Waals surface area contributed by atoms with Gasteiger partial charge in [-0.25, -0.2) is 9.78 Å². The number of aromatic amines is 1. The summed E-state index contributed by atoms with van der Waals surface area (Å²) in [5, 5.41) is 0. The molecular formula is C13H21N5O2. The Labute approximate surface area is 116 Å². The molecular weight excluding hydrogens is 258 g/mol. The number of aryl methyl sites for hydroxylation is 1. The second kappa shape index (κ2) is 5.62. The molecule has 0 saturated heterocycles. The molecule has 7 heteroatoms. The molecule has 0 radical (unpaired) electrons. The maximum Gasteiger partial charge on any atom is 0.332 e. The lowest BCUT2D eigenvalue weighted by Gasteiger charge is -2.09. The summed E-state index contributed by atoms with van der Waals surface area (Å²) >= 11 is 0. The van der Waals surface area contributed by atoms with Crippen molar-refractivity contribution >= 4 is 11.2 Å². The summed E-state index contributed by atoms with van der Waals surface area (Å²) in [4.78, 5) is 32.1. The fraction of sp³-hybridized carbons (Fsp3) is 0.615. The summed E-state index contributed by atoms with van der Waals surface area (Å²) in [6.07, 6.45) is 1.51. The van der Waals surface area contributed by atoms with E-state index in [0.717, 1.165) is 12.8 Å². The quantitative estimate of drug-likeness (QED) is 0.842. The maximum atomic E-state index is 12.4. The van der Waals surface area contributed by atoms with Gasteiger partial charge in [-0.3, -0.25) is 13.9 Å². The highest BCUT2D eigenvalue weighted by molar-refractivity contribution is 5.70. The van der Waals surface area contributed by atoms with Gasteiger partial charge in [-0.05, 0) is 19.8 Å². The molecule has 0 amide bonds. The van der Waals surface area contributed by atoms with Crippen LogP contribution in [-0.4, -0.2) is 19.1 Å². The van der Waals surface area contributed by atoms with Crippen LogP contribution in [0.3, 0.4) is 0 Å². The fourth-order valence-electron chi connectivity index (χ4n) is 2.25. The van der Waals surface area contributed by atoms with Gasteiger partial charge in [-0.1, -0.05) is 13.8 Å². The number of rotatable bonds is 5. The van der Waals surface area contributed by atoms with E-state index in [1.807, 2.05) is 13.8 Å². The molecule has 1 atom stereocenters. The highest BCUT2D eigenvalue weighted by Crippen LogP contribution is 2.10. The highest BCUT2D eigenvalue weighted by Gasteiger charge is 2.17. The molecule has 7 nitrogen and oxygen atoms in total. The summed E-state index contributed by atoms with van der Waals surface area (Å²) in [5.41, 5.74) is 5.94. The van der Waals surface area contributed by atoms with Crippen molar-refractivity contribution in [1.82, 2.24) is 19.1 Å². The summed E-state index contributed by atoms with van der Waals surface area (Å²) < 4.78 is 2.82. The Morgan fingerprint density at radius 2 is 1.80 bits per heavy atom. The Kier molecular flexibility index (Phi) is 4.08. The van der Waals surface area contributed by atoms with Crippen LogP contribution in [0.25, 0.3) is 11.2 Å². The molecule has 2 rings (SSSR count). The van der Waals surface area contributed by atoms with Gasteiger partial charge in [-0.15, -0.1) is 0 Å². The zero-order valence-corrected chi connectivity index (χ0v) is 12.1. The van der Waals surface area contributed by atoms with E-state index >= 15 is 0 Å². The van der Waals surface area contributed by atoms with Gasteiger partial charge in [-0.2, -0.15) is 0 Å². The predicted octanol–water partition coefficient (Wildman–Crippen LogP) is 0.726. The lowest BCUT2D eigenvalue weighted by molar-refractivity contribution is 0.555. The van der Waals surface area contributed by atoms with Gasteiger partial charge in [0, 0.05) is 13.1 Å². The third kappa shape index (κ3) is 2.29. The SMILES string of the molecule is CCCn1c(=O)c2[nH]c(C(C)N)nc2n(CCC)c1=O. The number of nitrogens with zero attached hydrogens (tertiary/aromatic N) is 3. The van der Waals surface area contributed by atoms with Gasteiger partial charge in [0.1, 0.15) is 11.3 Å². The summed E-state index contributed by atoms with van der Waals surface area (Å²) in [5.74, 6) is 0.524. The first kappa shape index (κ1) is 14.5. The Morgan fingerprint density at radius 3 is 2.35 bits per heavy atom. The molecule has 2 aromatic heterocycles. The standard InChI is InChI=1S/C13H21N5O2/c1-4-6-17-11-9(15-10(16-11)8(3)14)12(19)18(7-5-2)13(17)20/h8H,4-7,14H2,1-3H3,(H,15,16). The van der Waals surface area contributed by atoms with Gasteiger partial charge < -0.3 is 10.7 Å². The molecule has 110 valence electrons. The maximum absolute atomic E-state index is 12.4. The van der Waals surface area contributed by atoms with Gasteiger partial charge in [0.15, 0.2) is 5.65 Å². The number of hydrogen-bond acceptors (Lipinski definition) is 4. The summed E-state index contributed by atoms with van der Waals surface area (Å²) in [7, 11) is 0. The molecule has 0 fully saturated rings. The minimum Gasteiger partial charge on any atom is -0.335 e. The Hall–Kier alpha value is -1.89. The molecule has 0 aliphatic carbocycles. The second-order valence-corrected chi connectivity index (χ2v) is 5.00. The highest BCUT2D eigenvalue weighted by atomic mass is 16.2. The van der Waals surface area contributed by atoms with Gasteiger partial charge >= 0.3 is 5.69 Å². The third-order valence-electron chi connectivity index (χ3n) is 3.21. The zero-order valence-electron chi connectivity index (χ0n) is 12.1. The number of aromatic nitrogens is 4.